The molecular formula is C9H18B2N2O4. The molecule has 0 heterocycles. The molecule has 0 spiro atoms. The molecule has 0 saturated heterocycles. The van der Waals surface area contributed by atoms with Gasteiger partial charge in [-0.2, -0.15) is 0 Å². The minimum absolute atomic E-state index is 0.455. The number of ether oxygens (including phenoxy) is 1. The zero-order chi connectivity index (χ0) is 13.3. The normalized spacial score (nSPS) is 11.7. The number of carbonyl (C=O) groups excluding carboxylic acids is 2. The molecule has 94 valence electrons. The predicted molar refractivity (Wildman–Crippen MR) is 65.8 cm³/mol. The van der Waals surface area contributed by atoms with Crippen molar-refractivity contribution in [2.24, 2.45) is 0 Å². The first-order valence-electron chi connectivity index (χ1n) is 5.52. The van der Waals surface area contributed by atoms with Gasteiger partial charge in [0.25, 0.3) is 0 Å². The third kappa shape index (κ3) is 8.76. The van der Waals surface area contributed by atoms with Crippen molar-refractivity contribution in [1.82, 2.24) is 10.5 Å². The summed E-state index contributed by atoms with van der Waals surface area (Å²) in [5, 5.41) is 14.1. The van der Waals surface area contributed by atoms with Gasteiger partial charge in [-0.3, -0.25) is 4.79 Å². The minimum Gasteiger partial charge on any atom is -0.467 e. The van der Waals surface area contributed by atoms with Crippen LogP contribution in [-0.4, -0.2) is 51.4 Å². The van der Waals surface area contributed by atoms with Crippen LogP contribution in [-0.2, 0) is 9.53 Å². The standard InChI is InChI=1S/C9H18B2N2O4/c1-11(16)12-6-4-3-5-7(8(14)17-2)13-9(10)15/h7,12,16H,3-6H2,1-2H3,(H,13,15). The van der Waals surface area contributed by atoms with Crippen LogP contribution >= 0.6 is 0 Å². The number of carbonyl (C=O) groups is 2. The van der Waals surface area contributed by atoms with Crippen LogP contribution in [0.1, 0.15) is 19.3 Å². The van der Waals surface area contributed by atoms with Gasteiger partial charge in [-0.1, -0.05) is 0 Å². The molecule has 0 fully saturated rings. The van der Waals surface area contributed by atoms with E-state index < -0.39 is 24.9 Å². The Bertz CT molecular complexity index is 251. The Morgan fingerprint density at radius 1 is 1.47 bits per heavy atom. The van der Waals surface area contributed by atoms with Crippen molar-refractivity contribution < 1.29 is 19.3 Å². The molecule has 2 radical (unpaired) electrons. The molecule has 0 aliphatic carbocycles. The van der Waals surface area contributed by atoms with Gasteiger partial charge < -0.3 is 20.3 Å². The highest BCUT2D eigenvalue weighted by Gasteiger charge is 2.18. The van der Waals surface area contributed by atoms with Gasteiger partial charge in [0.2, 0.25) is 7.85 Å². The van der Waals surface area contributed by atoms with Gasteiger partial charge in [0.05, 0.1) is 7.11 Å². The zero-order valence-corrected chi connectivity index (χ0v) is 10.2. The first kappa shape index (κ1) is 16.0. The average Bonchev–Trinajstić information content (AvgIpc) is 2.25. The van der Waals surface area contributed by atoms with Crippen molar-refractivity contribution >= 4 is 26.7 Å². The molecule has 0 saturated carbocycles. The van der Waals surface area contributed by atoms with Crippen molar-refractivity contribution in [3.63, 3.8) is 0 Å². The summed E-state index contributed by atoms with van der Waals surface area (Å²) in [6.45, 7) is 2.27. The van der Waals surface area contributed by atoms with Gasteiger partial charge >= 0.3 is 13.0 Å². The van der Waals surface area contributed by atoms with Crippen molar-refractivity contribution in [2.75, 3.05) is 13.7 Å². The Labute approximate surface area is 103 Å². The number of rotatable bonds is 8. The molecule has 0 aliphatic heterocycles. The van der Waals surface area contributed by atoms with Gasteiger partial charge in [0, 0.05) is 0 Å². The quantitative estimate of drug-likeness (QED) is 0.296. The molecule has 0 bridgehead atoms. The second-order valence-electron chi connectivity index (χ2n) is 3.71. The molecule has 0 aliphatic rings. The van der Waals surface area contributed by atoms with E-state index in [4.69, 9.17) is 12.9 Å². The summed E-state index contributed by atoms with van der Waals surface area (Å²) in [5.41, 5.74) is 0. The van der Waals surface area contributed by atoms with Crippen LogP contribution < -0.4 is 10.5 Å². The third-order valence-corrected chi connectivity index (χ3v) is 2.16. The van der Waals surface area contributed by atoms with Crippen LogP contribution in [0.25, 0.3) is 0 Å². The topological polar surface area (TPSA) is 87.7 Å². The van der Waals surface area contributed by atoms with Gasteiger partial charge in [-0.05, 0) is 32.6 Å². The number of unbranched alkanes of at least 4 members (excludes halogenated alkanes) is 1. The molecule has 0 aromatic carbocycles. The lowest BCUT2D eigenvalue weighted by atomic mass is 9.89. The molecule has 1 amide bonds. The highest BCUT2D eigenvalue weighted by molar-refractivity contribution is 6.57. The summed E-state index contributed by atoms with van der Waals surface area (Å²) >= 11 is 0. The SMILES string of the molecule is [B]C(=O)NC(CCCCNB(C)O)C(=O)OC. The largest absolute Gasteiger partial charge is 0.467 e. The van der Waals surface area contributed by atoms with Crippen molar-refractivity contribution in [3.8, 4) is 0 Å². The van der Waals surface area contributed by atoms with Crippen molar-refractivity contribution in [2.45, 2.75) is 32.1 Å². The Morgan fingerprint density at radius 2 is 2.12 bits per heavy atom. The minimum atomic E-state index is -0.748. The smallest absolute Gasteiger partial charge is 0.373 e. The van der Waals surface area contributed by atoms with Crippen molar-refractivity contribution in [1.29, 1.82) is 0 Å². The van der Waals surface area contributed by atoms with E-state index in [1.807, 2.05) is 0 Å². The van der Waals surface area contributed by atoms with Gasteiger partial charge in [-0.25, -0.2) is 4.79 Å². The van der Waals surface area contributed by atoms with Gasteiger partial charge in [-0.15, -0.1) is 0 Å². The molecule has 3 N–H and O–H groups in total. The van der Waals surface area contributed by atoms with Gasteiger partial charge in [0.1, 0.15) is 6.04 Å². The lowest BCUT2D eigenvalue weighted by Crippen LogP contribution is -2.41. The van der Waals surface area contributed by atoms with Crippen LogP contribution in [0.4, 0.5) is 4.79 Å². The van der Waals surface area contributed by atoms with E-state index >= 15 is 0 Å². The molecule has 8 heteroatoms. The molecule has 17 heavy (non-hydrogen) atoms. The maximum absolute atomic E-state index is 11.3. The average molecular weight is 240 g/mol. The van der Waals surface area contributed by atoms with E-state index in [1.165, 1.54) is 7.11 Å². The first-order valence-corrected chi connectivity index (χ1v) is 5.52. The Balaban J connectivity index is 3.84. The summed E-state index contributed by atoms with van der Waals surface area (Å²) in [6.07, 6.45) is 1.94. The summed E-state index contributed by atoms with van der Waals surface area (Å²) in [7, 11) is 5.66. The van der Waals surface area contributed by atoms with Crippen LogP contribution in [0.3, 0.4) is 0 Å². The van der Waals surface area contributed by atoms with E-state index in [0.717, 1.165) is 6.42 Å². The van der Waals surface area contributed by atoms with Gasteiger partial charge in [0.15, 0.2) is 5.81 Å². The molecular weight excluding hydrogens is 222 g/mol. The predicted octanol–water partition coefficient (Wildman–Crippen LogP) is -0.724. The number of hydrogen-bond donors (Lipinski definition) is 3. The van der Waals surface area contributed by atoms with E-state index in [9.17, 15) is 9.59 Å². The third-order valence-electron chi connectivity index (χ3n) is 2.16. The molecule has 6 nitrogen and oxygen atoms in total. The highest BCUT2D eigenvalue weighted by atomic mass is 16.5. The maximum atomic E-state index is 11.3. The lowest BCUT2D eigenvalue weighted by Gasteiger charge is -2.15. The summed E-state index contributed by atoms with van der Waals surface area (Å²) < 4.78 is 4.54. The first-order chi connectivity index (χ1) is 7.97. The summed E-state index contributed by atoms with van der Waals surface area (Å²) in [5.74, 6) is -1.25. The van der Waals surface area contributed by atoms with E-state index in [0.29, 0.717) is 19.4 Å². The summed E-state index contributed by atoms with van der Waals surface area (Å²) in [6, 6.07) is -0.705. The zero-order valence-electron chi connectivity index (χ0n) is 10.2. The maximum Gasteiger partial charge on any atom is 0.373 e. The molecule has 0 aromatic rings. The number of esters is 1. The summed E-state index contributed by atoms with van der Waals surface area (Å²) in [4.78, 5) is 21.9. The van der Waals surface area contributed by atoms with E-state index in [2.05, 4.69) is 15.3 Å². The number of nitrogens with one attached hydrogen (secondary N) is 2. The van der Waals surface area contributed by atoms with E-state index in [1.54, 1.807) is 6.82 Å². The second-order valence-corrected chi connectivity index (χ2v) is 3.71. The van der Waals surface area contributed by atoms with Crippen molar-refractivity contribution in [3.05, 3.63) is 0 Å². The molecule has 1 atom stereocenters. The van der Waals surface area contributed by atoms with Crippen LogP contribution in [0.15, 0.2) is 0 Å². The fourth-order valence-electron chi connectivity index (χ4n) is 1.35. The lowest BCUT2D eigenvalue weighted by molar-refractivity contribution is -0.143. The fraction of sp³-hybridized carbons (Fsp3) is 0.778. The van der Waals surface area contributed by atoms with Crippen LogP contribution in [0.5, 0.6) is 0 Å². The molecule has 1 unspecified atom stereocenters. The monoisotopic (exact) mass is 240 g/mol. The Kier molecular flexibility index (Phi) is 8.53. The highest BCUT2D eigenvalue weighted by Crippen LogP contribution is 2.02. The molecule has 0 rings (SSSR count). The molecule has 0 aromatic heterocycles. The number of hydrogen-bond acceptors (Lipinski definition) is 5. The Morgan fingerprint density at radius 3 is 2.59 bits per heavy atom. The van der Waals surface area contributed by atoms with Crippen LogP contribution in [0.2, 0.25) is 6.82 Å². The number of methoxy groups -OCH3 is 1. The fourth-order valence-corrected chi connectivity index (χ4v) is 1.35. The number of amides is 1. The second kappa shape index (κ2) is 9.07. The van der Waals surface area contributed by atoms with Crippen LogP contribution in [0, 0.1) is 0 Å². The Hall–Kier alpha value is -1.01. The van der Waals surface area contributed by atoms with E-state index in [-0.39, 0.29) is 0 Å².